The molecule has 3 heterocycles. The molecule has 0 N–H and O–H groups in total. The van der Waals surface area contributed by atoms with Crippen molar-refractivity contribution in [3.63, 3.8) is 0 Å². The molecule has 7 heteroatoms. The monoisotopic (exact) mass is 369 g/mol. The fourth-order valence-corrected chi connectivity index (χ4v) is 4.07. The van der Waals surface area contributed by atoms with Crippen LogP contribution in [0.5, 0.6) is 0 Å². The van der Waals surface area contributed by atoms with E-state index in [9.17, 15) is 0 Å². The Morgan fingerprint density at radius 3 is 2.62 bits per heavy atom. The minimum Gasteiger partial charge on any atom is -0.361 e. The first-order valence-corrected chi connectivity index (χ1v) is 10.00. The van der Waals surface area contributed by atoms with Gasteiger partial charge in [0.15, 0.2) is 5.16 Å². The summed E-state index contributed by atoms with van der Waals surface area (Å²) in [6.07, 6.45) is 2.56. The second-order valence-corrected chi connectivity index (χ2v) is 7.61. The van der Waals surface area contributed by atoms with Crippen LogP contribution in [0.3, 0.4) is 0 Å². The van der Waals surface area contributed by atoms with E-state index < -0.39 is 0 Å². The predicted molar refractivity (Wildman–Crippen MR) is 101 cm³/mol. The highest BCUT2D eigenvalue weighted by Crippen LogP contribution is 2.24. The largest absolute Gasteiger partial charge is 0.361 e. The average Bonchev–Trinajstić information content (AvgIpc) is 3.38. The number of hydrogen-bond donors (Lipinski definition) is 0. The summed E-state index contributed by atoms with van der Waals surface area (Å²) in [4.78, 5) is 2.46. The molecule has 0 atom stereocenters. The predicted octanol–water partition coefficient (Wildman–Crippen LogP) is 3.51. The van der Waals surface area contributed by atoms with Gasteiger partial charge in [0.25, 0.3) is 0 Å². The smallest absolute Gasteiger partial charge is 0.191 e. The molecule has 0 radical (unpaired) electrons. The Hall–Kier alpha value is -2.12. The van der Waals surface area contributed by atoms with Crippen molar-refractivity contribution in [2.75, 3.05) is 13.1 Å². The van der Waals surface area contributed by atoms with Crippen LogP contribution in [0.15, 0.2) is 46.1 Å². The maximum absolute atomic E-state index is 5.16. The summed E-state index contributed by atoms with van der Waals surface area (Å²) in [7, 11) is 0. The second-order valence-electron chi connectivity index (χ2n) is 6.67. The molecule has 26 heavy (non-hydrogen) atoms. The Bertz CT molecular complexity index is 839. The van der Waals surface area contributed by atoms with E-state index in [1.807, 2.05) is 19.1 Å². The summed E-state index contributed by atoms with van der Waals surface area (Å²) in [6, 6.07) is 12.5. The minimum absolute atomic E-state index is 0.730. The minimum atomic E-state index is 0.730. The third kappa shape index (κ3) is 4.16. The van der Waals surface area contributed by atoms with Gasteiger partial charge in [-0.05, 0) is 38.4 Å². The van der Waals surface area contributed by atoms with E-state index in [4.69, 9.17) is 4.52 Å². The van der Waals surface area contributed by atoms with E-state index in [2.05, 4.69) is 49.1 Å². The van der Waals surface area contributed by atoms with Crippen molar-refractivity contribution in [2.24, 2.45) is 0 Å². The van der Waals surface area contributed by atoms with Crippen LogP contribution in [0, 0.1) is 6.92 Å². The Kier molecular flexibility index (Phi) is 5.36. The standard InChI is InChI=1S/C19H23N5OS/c1-15-11-17(22-25-15)14-26-19-21-20-18(13-23-9-5-6-10-23)24(19)12-16-7-3-2-4-8-16/h2-4,7-8,11H,5-6,9-10,12-14H2,1H3. The van der Waals surface area contributed by atoms with E-state index in [1.54, 1.807) is 11.8 Å². The molecule has 1 fully saturated rings. The highest BCUT2D eigenvalue weighted by atomic mass is 32.2. The van der Waals surface area contributed by atoms with E-state index in [0.717, 1.165) is 54.4 Å². The number of likely N-dealkylation sites (tertiary alicyclic amines) is 1. The SMILES string of the molecule is Cc1cc(CSc2nnc(CN3CCCC3)n2Cc2ccccc2)no1. The van der Waals surface area contributed by atoms with Gasteiger partial charge in [-0.15, -0.1) is 10.2 Å². The molecule has 0 unspecified atom stereocenters. The molecule has 3 aromatic rings. The van der Waals surface area contributed by atoms with Gasteiger partial charge < -0.3 is 9.09 Å². The first-order chi connectivity index (χ1) is 12.8. The maximum atomic E-state index is 5.16. The zero-order valence-corrected chi connectivity index (χ0v) is 15.8. The average molecular weight is 369 g/mol. The summed E-state index contributed by atoms with van der Waals surface area (Å²) in [5, 5.41) is 14.0. The van der Waals surface area contributed by atoms with Crippen molar-refractivity contribution in [3.8, 4) is 0 Å². The molecule has 0 saturated carbocycles. The highest BCUT2D eigenvalue weighted by molar-refractivity contribution is 7.98. The molecule has 1 aliphatic rings. The lowest BCUT2D eigenvalue weighted by Crippen LogP contribution is -2.21. The van der Waals surface area contributed by atoms with Gasteiger partial charge in [-0.25, -0.2) is 0 Å². The molecule has 0 bridgehead atoms. The van der Waals surface area contributed by atoms with E-state index >= 15 is 0 Å². The van der Waals surface area contributed by atoms with Crippen LogP contribution in [0.25, 0.3) is 0 Å². The number of nitrogens with zero attached hydrogens (tertiary/aromatic N) is 5. The molecule has 4 rings (SSSR count). The van der Waals surface area contributed by atoms with Crippen molar-refractivity contribution >= 4 is 11.8 Å². The Labute approximate surface area is 157 Å². The second kappa shape index (κ2) is 8.05. The zero-order valence-electron chi connectivity index (χ0n) is 15.0. The molecule has 2 aromatic heterocycles. The Morgan fingerprint density at radius 1 is 1.08 bits per heavy atom. The molecule has 0 aliphatic carbocycles. The van der Waals surface area contributed by atoms with Crippen LogP contribution in [-0.2, 0) is 18.8 Å². The van der Waals surface area contributed by atoms with Crippen molar-refractivity contribution in [2.45, 2.75) is 43.8 Å². The van der Waals surface area contributed by atoms with Crippen molar-refractivity contribution < 1.29 is 4.52 Å². The first-order valence-electron chi connectivity index (χ1n) is 9.01. The van der Waals surface area contributed by atoms with Gasteiger partial charge in [0.2, 0.25) is 0 Å². The molecule has 1 aliphatic heterocycles. The van der Waals surface area contributed by atoms with Crippen LogP contribution in [0.4, 0.5) is 0 Å². The van der Waals surface area contributed by atoms with Gasteiger partial charge in [0.1, 0.15) is 11.6 Å². The van der Waals surface area contributed by atoms with Crippen LogP contribution in [-0.4, -0.2) is 37.9 Å². The highest BCUT2D eigenvalue weighted by Gasteiger charge is 2.19. The zero-order chi connectivity index (χ0) is 17.8. The molecular weight excluding hydrogens is 346 g/mol. The summed E-state index contributed by atoms with van der Waals surface area (Å²) in [5.74, 6) is 2.60. The number of benzene rings is 1. The van der Waals surface area contributed by atoms with Crippen LogP contribution in [0.2, 0.25) is 0 Å². The molecule has 0 amide bonds. The Balaban J connectivity index is 1.54. The fraction of sp³-hybridized carbons (Fsp3) is 0.421. The summed E-state index contributed by atoms with van der Waals surface area (Å²) in [6.45, 7) is 5.87. The number of thioether (sulfide) groups is 1. The third-order valence-electron chi connectivity index (χ3n) is 4.57. The lowest BCUT2D eigenvalue weighted by molar-refractivity contribution is 0.316. The van der Waals surface area contributed by atoms with Crippen LogP contribution in [0.1, 0.15) is 35.7 Å². The Morgan fingerprint density at radius 2 is 1.88 bits per heavy atom. The lowest BCUT2D eigenvalue weighted by atomic mass is 10.2. The van der Waals surface area contributed by atoms with Gasteiger partial charge in [0, 0.05) is 11.8 Å². The number of hydrogen-bond acceptors (Lipinski definition) is 6. The lowest BCUT2D eigenvalue weighted by Gasteiger charge is -2.16. The van der Waals surface area contributed by atoms with Crippen molar-refractivity contribution in [3.05, 3.63) is 59.2 Å². The van der Waals surface area contributed by atoms with Gasteiger partial charge in [-0.1, -0.05) is 47.3 Å². The maximum Gasteiger partial charge on any atom is 0.191 e. The summed E-state index contributed by atoms with van der Waals surface area (Å²) < 4.78 is 7.40. The molecule has 6 nitrogen and oxygen atoms in total. The van der Waals surface area contributed by atoms with E-state index in [0.29, 0.717) is 0 Å². The molecule has 0 spiro atoms. The number of aromatic nitrogens is 4. The summed E-state index contributed by atoms with van der Waals surface area (Å²) >= 11 is 1.66. The fourth-order valence-electron chi connectivity index (χ4n) is 3.23. The quantitative estimate of drug-likeness (QED) is 0.594. The van der Waals surface area contributed by atoms with E-state index in [1.165, 1.54) is 18.4 Å². The van der Waals surface area contributed by atoms with Gasteiger partial charge >= 0.3 is 0 Å². The van der Waals surface area contributed by atoms with Crippen molar-refractivity contribution in [1.29, 1.82) is 0 Å². The third-order valence-corrected chi connectivity index (χ3v) is 5.57. The summed E-state index contributed by atoms with van der Waals surface area (Å²) in [5.41, 5.74) is 2.19. The molecule has 1 aromatic carbocycles. The van der Waals surface area contributed by atoms with Crippen molar-refractivity contribution in [1.82, 2.24) is 24.8 Å². The molecule has 136 valence electrons. The van der Waals surface area contributed by atoms with Gasteiger partial charge in [-0.3, -0.25) is 4.90 Å². The molecule has 1 saturated heterocycles. The normalized spacial score (nSPS) is 15.0. The number of aryl methyl sites for hydroxylation is 1. The van der Waals surface area contributed by atoms with Crippen LogP contribution < -0.4 is 0 Å². The first kappa shape index (κ1) is 17.3. The topological polar surface area (TPSA) is 60.0 Å². The van der Waals surface area contributed by atoms with Gasteiger partial charge in [0.05, 0.1) is 18.8 Å². The van der Waals surface area contributed by atoms with Gasteiger partial charge in [-0.2, -0.15) is 0 Å². The molecular formula is C19H23N5OS. The van der Waals surface area contributed by atoms with Crippen LogP contribution >= 0.6 is 11.8 Å². The van der Waals surface area contributed by atoms with E-state index in [-0.39, 0.29) is 0 Å². The number of rotatable bonds is 7.